The molecule has 0 saturated heterocycles. The van der Waals surface area contributed by atoms with Gasteiger partial charge < -0.3 is 21.3 Å². The predicted molar refractivity (Wildman–Crippen MR) is 92.7 cm³/mol. The molecule has 8 heteroatoms. The molecule has 24 heavy (non-hydrogen) atoms. The topological polar surface area (TPSA) is 87.5 Å². The van der Waals surface area contributed by atoms with Crippen LogP contribution in [0.5, 0.6) is 0 Å². The van der Waals surface area contributed by atoms with Crippen molar-refractivity contribution in [1.82, 2.24) is 10.2 Å². The third kappa shape index (κ3) is 4.53. The van der Waals surface area contributed by atoms with Crippen molar-refractivity contribution in [3.05, 3.63) is 52.0 Å². The number of nitrogens with zero attached hydrogens (tertiary/aromatic N) is 1. The number of carbonyl (C=O) groups is 2. The van der Waals surface area contributed by atoms with Gasteiger partial charge in [0.1, 0.15) is 5.82 Å². The lowest BCUT2D eigenvalue weighted by atomic mass is 10.2. The fraction of sp³-hybridized carbons (Fsp3) is 0.250. The van der Waals surface area contributed by atoms with Crippen molar-refractivity contribution < 1.29 is 14.0 Å². The van der Waals surface area contributed by atoms with E-state index >= 15 is 0 Å². The maximum Gasteiger partial charge on any atom is 0.319 e. The van der Waals surface area contributed by atoms with Crippen LogP contribution in [0.1, 0.15) is 21.3 Å². The van der Waals surface area contributed by atoms with Gasteiger partial charge in [-0.25, -0.2) is 9.18 Å². The Morgan fingerprint density at radius 2 is 2.08 bits per heavy atom. The van der Waals surface area contributed by atoms with Crippen molar-refractivity contribution in [2.75, 3.05) is 26.0 Å². The van der Waals surface area contributed by atoms with Gasteiger partial charge in [-0.05, 0) is 43.7 Å². The Hall–Kier alpha value is -2.45. The van der Waals surface area contributed by atoms with Crippen molar-refractivity contribution in [1.29, 1.82) is 0 Å². The number of halogens is 1. The Labute approximate surface area is 143 Å². The number of anilines is 1. The molecule has 2 aromatic rings. The molecule has 0 aliphatic heterocycles. The number of likely N-dealkylation sites (N-methyl/N-ethyl adjacent to an activating group) is 1. The molecular weight excluding hydrogens is 331 g/mol. The van der Waals surface area contributed by atoms with E-state index in [0.717, 1.165) is 10.9 Å². The molecule has 2 rings (SSSR count). The molecule has 1 aromatic heterocycles. The summed E-state index contributed by atoms with van der Waals surface area (Å²) in [6, 6.07) is 7.23. The fourth-order valence-corrected chi connectivity index (χ4v) is 3.10. The lowest BCUT2D eigenvalue weighted by Crippen LogP contribution is -2.36. The Morgan fingerprint density at radius 1 is 1.33 bits per heavy atom. The van der Waals surface area contributed by atoms with Crippen LogP contribution in [-0.4, -0.2) is 37.5 Å². The first-order valence-corrected chi connectivity index (χ1v) is 8.10. The van der Waals surface area contributed by atoms with Gasteiger partial charge in [0.2, 0.25) is 0 Å². The number of benzene rings is 1. The normalized spacial score (nSPS) is 12.0. The highest BCUT2D eigenvalue weighted by Crippen LogP contribution is 2.22. The second kappa shape index (κ2) is 7.89. The molecule has 1 unspecified atom stereocenters. The van der Waals surface area contributed by atoms with Crippen molar-refractivity contribution in [3.63, 3.8) is 0 Å². The van der Waals surface area contributed by atoms with E-state index < -0.39 is 17.8 Å². The summed E-state index contributed by atoms with van der Waals surface area (Å²) in [5.74, 6) is -1.61. The molecule has 1 heterocycles. The zero-order chi connectivity index (χ0) is 17.7. The highest BCUT2D eigenvalue weighted by atomic mass is 32.1. The first-order chi connectivity index (χ1) is 11.4. The number of hydrogen-bond acceptors (Lipinski definition) is 4. The summed E-state index contributed by atoms with van der Waals surface area (Å²) in [5, 5.41) is 7.32. The SMILES string of the molecule is CN(C)C(CNC(=O)Nc1ccc(F)c(C(N)=O)c1)c1cccs1. The highest BCUT2D eigenvalue weighted by molar-refractivity contribution is 7.10. The maximum absolute atomic E-state index is 13.4. The van der Waals surface area contributed by atoms with E-state index in [4.69, 9.17) is 5.73 Å². The minimum Gasteiger partial charge on any atom is -0.366 e. The zero-order valence-electron chi connectivity index (χ0n) is 13.4. The molecule has 1 aromatic carbocycles. The largest absolute Gasteiger partial charge is 0.366 e. The molecule has 0 radical (unpaired) electrons. The molecule has 6 nitrogen and oxygen atoms in total. The molecule has 3 amide bonds. The van der Waals surface area contributed by atoms with E-state index in [9.17, 15) is 14.0 Å². The Bertz CT molecular complexity index is 719. The number of carbonyl (C=O) groups excluding carboxylic acids is 2. The Balaban J connectivity index is 1.98. The average molecular weight is 350 g/mol. The summed E-state index contributed by atoms with van der Waals surface area (Å²) in [6.07, 6.45) is 0. The molecular formula is C16H19FN4O2S. The van der Waals surface area contributed by atoms with E-state index in [-0.39, 0.29) is 11.6 Å². The quantitative estimate of drug-likeness (QED) is 0.748. The van der Waals surface area contributed by atoms with Crippen molar-refractivity contribution in [3.8, 4) is 0 Å². The predicted octanol–water partition coefficient (Wildman–Crippen LogP) is 2.41. The third-order valence-electron chi connectivity index (χ3n) is 3.44. The molecule has 1 atom stereocenters. The molecule has 0 fully saturated rings. The minimum atomic E-state index is -0.887. The number of amides is 3. The monoisotopic (exact) mass is 350 g/mol. The van der Waals surface area contributed by atoms with Gasteiger partial charge in [0, 0.05) is 17.1 Å². The maximum atomic E-state index is 13.4. The van der Waals surface area contributed by atoms with Gasteiger partial charge in [0.25, 0.3) is 5.91 Å². The molecule has 0 bridgehead atoms. The van der Waals surface area contributed by atoms with E-state index in [1.54, 1.807) is 11.3 Å². The summed E-state index contributed by atoms with van der Waals surface area (Å²) in [7, 11) is 3.87. The Kier molecular flexibility index (Phi) is 5.88. The minimum absolute atomic E-state index is 0.0464. The number of hydrogen-bond donors (Lipinski definition) is 3. The van der Waals surface area contributed by atoms with Gasteiger partial charge in [-0.3, -0.25) is 4.79 Å². The molecule has 0 aliphatic carbocycles. The van der Waals surface area contributed by atoms with Crippen LogP contribution >= 0.6 is 11.3 Å². The van der Waals surface area contributed by atoms with Gasteiger partial charge in [0.15, 0.2) is 0 Å². The molecule has 0 saturated carbocycles. The standard InChI is InChI=1S/C16H19FN4O2S/c1-21(2)13(14-4-3-7-24-14)9-19-16(23)20-10-5-6-12(17)11(8-10)15(18)22/h3-8,13H,9H2,1-2H3,(H2,18,22)(H2,19,20,23). The lowest BCUT2D eigenvalue weighted by molar-refractivity contribution is 0.0996. The van der Waals surface area contributed by atoms with Gasteiger partial charge in [-0.15, -0.1) is 11.3 Å². The second-order valence-corrected chi connectivity index (χ2v) is 6.37. The van der Waals surface area contributed by atoms with E-state index in [1.165, 1.54) is 12.1 Å². The van der Waals surface area contributed by atoms with Gasteiger partial charge in [-0.1, -0.05) is 6.07 Å². The van der Waals surface area contributed by atoms with E-state index in [2.05, 4.69) is 10.6 Å². The summed E-state index contributed by atoms with van der Waals surface area (Å²) in [6.45, 7) is 0.406. The van der Waals surface area contributed by atoms with Gasteiger partial charge in [0.05, 0.1) is 11.6 Å². The Morgan fingerprint density at radius 3 is 2.67 bits per heavy atom. The fourth-order valence-electron chi connectivity index (χ4n) is 2.18. The number of primary amides is 1. The first kappa shape index (κ1) is 17.9. The second-order valence-electron chi connectivity index (χ2n) is 5.39. The lowest BCUT2D eigenvalue weighted by Gasteiger charge is -2.23. The molecule has 4 N–H and O–H groups in total. The number of thiophene rings is 1. The van der Waals surface area contributed by atoms with Crippen molar-refractivity contribution >= 4 is 29.0 Å². The van der Waals surface area contributed by atoms with Crippen LogP contribution in [0.4, 0.5) is 14.9 Å². The van der Waals surface area contributed by atoms with Crippen molar-refractivity contribution in [2.45, 2.75) is 6.04 Å². The molecule has 0 aliphatic rings. The van der Waals surface area contributed by atoms with E-state index in [1.807, 2.05) is 36.5 Å². The van der Waals surface area contributed by atoms with Crippen molar-refractivity contribution in [2.24, 2.45) is 5.73 Å². The number of nitrogens with one attached hydrogen (secondary N) is 2. The van der Waals surface area contributed by atoms with E-state index in [0.29, 0.717) is 12.2 Å². The third-order valence-corrected chi connectivity index (χ3v) is 4.41. The smallest absolute Gasteiger partial charge is 0.319 e. The average Bonchev–Trinajstić information content (AvgIpc) is 3.03. The van der Waals surface area contributed by atoms with Gasteiger partial charge in [-0.2, -0.15) is 0 Å². The van der Waals surface area contributed by atoms with Crippen LogP contribution in [0.3, 0.4) is 0 Å². The van der Waals surface area contributed by atoms with Crippen LogP contribution in [0.25, 0.3) is 0 Å². The van der Waals surface area contributed by atoms with Gasteiger partial charge >= 0.3 is 6.03 Å². The summed E-state index contributed by atoms with van der Waals surface area (Å²) in [5.41, 5.74) is 5.11. The van der Waals surface area contributed by atoms with Crippen LogP contribution in [-0.2, 0) is 0 Å². The first-order valence-electron chi connectivity index (χ1n) is 7.22. The summed E-state index contributed by atoms with van der Waals surface area (Å²) >= 11 is 1.62. The number of nitrogens with two attached hydrogens (primary N) is 1. The molecule has 0 spiro atoms. The van der Waals surface area contributed by atoms with Crippen LogP contribution in [0.2, 0.25) is 0 Å². The molecule has 128 valence electrons. The highest BCUT2D eigenvalue weighted by Gasteiger charge is 2.16. The summed E-state index contributed by atoms with van der Waals surface area (Å²) < 4.78 is 13.4. The summed E-state index contributed by atoms with van der Waals surface area (Å²) in [4.78, 5) is 26.3. The zero-order valence-corrected chi connectivity index (χ0v) is 14.2. The number of urea groups is 1. The van der Waals surface area contributed by atoms with Crippen LogP contribution in [0.15, 0.2) is 35.7 Å². The van der Waals surface area contributed by atoms with Crippen LogP contribution in [0, 0.1) is 5.82 Å². The van der Waals surface area contributed by atoms with Crippen LogP contribution < -0.4 is 16.4 Å². The number of rotatable bonds is 6.